The van der Waals surface area contributed by atoms with Gasteiger partial charge in [0.05, 0.1) is 19.9 Å². The van der Waals surface area contributed by atoms with Crippen LogP contribution in [0.25, 0.3) is 0 Å². The SMILES string of the molecule is COc1ccc(CN2C(=O)CN(S(C)(=O)=O)C[C@]2(C)C(=O)NC2CCCCCC2)cc1. The molecule has 0 unspecified atom stereocenters. The maximum absolute atomic E-state index is 13.5. The largest absolute Gasteiger partial charge is 0.497 e. The van der Waals surface area contributed by atoms with E-state index in [0.717, 1.165) is 54.6 Å². The molecule has 0 aromatic heterocycles. The smallest absolute Gasteiger partial charge is 0.247 e. The van der Waals surface area contributed by atoms with Gasteiger partial charge in [-0.25, -0.2) is 8.42 Å². The molecular formula is C22H33N3O5S. The minimum Gasteiger partial charge on any atom is -0.497 e. The van der Waals surface area contributed by atoms with E-state index in [9.17, 15) is 18.0 Å². The van der Waals surface area contributed by atoms with Crippen LogP contribution in [0, 0.1) is 0 Å². The number of rotatable bonds is 6. The van der Waals surface area contributed by atoms with Gasteiger partial charge < -0.3 is 15.0 Å². The minimum absolute atomic E-state index is 0.0540. The number of hydrogen-bond acceptors (Lipinski definition) is 5. The minimum atomic E-state index is -3.62. The summed E-state index contributed by atoms with van der Waals surface area (Å²) in [5.74, 6) is 0.0199. The lowest BCUT2D eigenvalue weighted by atomic mass is 9.93. The van der Waals surface area contributed by atoms with Gasteiger partial charge in [-0.05, 0) is 37.5 Å². The van der Waals surface area contributed by atoms with Crippen LogP contribution in [0.2, 0.25) is 0 Å². The quantitative estimate of drug-likeness (QED) is 0.667. The molecule has 1 N–H and O–H groups in total. The summed E-state index contributed by atoms with van der Waals surface area (Å²) >= 11 is 0. The lowest BCUT2D eigenvalue weighted by Gasteiger charge is -2.47. The van der Waals surface area contributed by atoms with Crippen molar-refractivity contribution in [3.63, 3.8) is 0 Å². The normalized spacial score (nSPS) is 24.0. The van der Waals surface area contributed by atoms with Crippen molar-refractivity contribution >= 4 is 21.8 Å². The monoisotopic (exact) mass is 451 g/mol. The van der Waals surface area contributed by atoms with E-state index in [4.69, 9.17) is 4.74 Å². The Labute approximate surface area is 185 Å². The van der Waals surface area contributed by atoms with E-state index in [-0.39, 0.29) is 37.5 Å². The Kier molecular flexibility index (Phi) is 7.26. The number of amides is 2. The van der Waals surface area contributed by atoms with Crippen LogP contribution in [-0.2, 0) is 26.2 Å². The van der Waals surface area contributed by atoms with Gasteiger partial charge in [-0.2, -0.15) is 4.31 Å². The van der Waals surface area contributed by atoms with Crippen molar-refractivity contribution < 1.29 is 22.7 Å². The number of hydrogen-bond donors (Lipinski definition) is 1. The first-order valence-electron chi connectivity index (χ1n) is 10.8. The molecule has 9 heteroatoms. The second-order valence-corrected chi connectivity index (χ2v) is 10.8. The lowest BCUT2D eigenvalue weighted by molar-refractivity contribution is -0.154. The predicted molar refractivity (Wildman–Crippen MR) is 118 cm³/mol. The Balaban J connectivity index is 1.87. The van der Waals surface area contributed by atoms with E-state index in [1.54, 1.807) is 26.2 Å². The molecule has 0 spiro atoms. The van der Waals surface area contributed by atoms with Crippen LogP contribution < -0.4 is 10.1 Å². The van der Waals surface area contributed by atoms with E-state index >= 15 is 0 Å². The summed E-state index contributed by atoms with van der Waals surface area (Å²) in [5.41, 5.74) is -0.458. The number of carbonyl (C=O) groups is 2. The zero-order valence-electron chi connectivity index (χ0n) is 18.6. The first-order chi connectivity index (χ1) is 14.6. The molecule has 172 valence electrons. The van der Waals surface area contributed by atoms with Crippen LogP contribution >= 0.6 is 0 Å². The molecule has 1 atom stereocenters. The summed E-state index contributed by atoms with van der Waals surface area (Å²) in [4.78, 5) is 28.1. The van der Waals surface area contributed by atoms with Crippen molar-refractivity contribution in [2.45, 2.75) is 63.6 Å². The lowest BCUT2D eigenvalue weighted by Crippen LogP contribution is -2.69. The van der Waals surface area contributed by atoms with Crippen LogP contribution in [0.5, 0.6) is 5.75 Å². The standard InChI is InChI=1S/C22H33N3O5S/c1-22(21(27)23-18-8-6-4-5-7-9-18)16-24(31(3,28)29)15-20(26)25(22)14-17-10-12-19(30-2)13-11-17/h10-13,18H,4-9,14-16H2,1-3H3,(H,23,27)/t22-/m1/s1. The van der Waals surface area contributed by atoms with Gasteiger partial charge in [0, 0.05) is 19.1 Å². The van der Waals surface area contributed by atoms with Gasteiger partial charge in [0.15, 0.2) is 0 Å². The van der Waals surface area contributed by atoms with E-state index in [0.29, 0.717) is 5.75 Å². The number of piperazine rings is 1. The molecule has 1 aliphatic heterocycles. The van der Waals surface area contributed by atoms with Crippen LogP contribution in [-0.4, -0.2) is 67.5 Å². The highest BCUT2D eigenvalue weighted by Gasteiger charge is 2.49. The van der Waals surface area contributed by atoms with Gasteiger partial charge in [-0.15, -0.1) is 0 Å². The maximum atomic E-state index is 13.5. The van der Waals surface area contributed by atoms with Gasteiger partial charge in [-0.1, -0.05) is 37.8 Å². The van der Waals surface area contributed by atoms with Crippen molar-refractivity contribution in [2.24, 2.45) is 0 Å². The van der Waals surface area contributed by atoms with Crippen LogP contribution in [0.1, 0.15) is 51.0 Å². The molecule has 2 fully saturated rings. The molecule has 3 rings (SSSR count). The van der Waals surface area contributed by atoms with E-state index in [1.165, 1.54) is 4.90 Å². The third-order valence-corrected chi connectivity index (χ3v) is 7.54. The Morgan fingerprint density at radius 1 is 1.16 bits per heavy atom. The number of ether oxygens (including phenoxy) is 1. The van der Waals surface area contributed by atoms with E-state index in [2.05, 4.69) is 5.32 Å². The second kappa shape index (κ2) is 9.56. The molecule has 0 bridgehead atoms. The molecule has 1 aromatic carbocycles. The number of sulfonamides is 1. The highest BCUT2D eigenvalue weighted by atomic mass is 32.2. The highest BCUT2D eigenvalue weighted by molar-refractivity contribution is 7.88. The number of carbonyl (C=O) groups excluding carboxylic acids is 2. The first-order valence-corrected chi connectivity index (χ1v) is 12.7. The van der Waals surface area contributed by atoms with Crippen molar-refractivity contribution in [1.29, 1.82) is 0 Å². The fraction of sp³-hybridized carbons (Fsp3) is 0.636. The number of nitrogens with zero attached hydrogens (tertiary/aromatic N) is 2. The Hall–Kier alpha value is -2.13. The topological polar surface area (TPSA) is 96.0 Å². The fourth-order valence-corrected chi connectivity index (χ4v) is 5.20. The van der Waals surface area contributed by atoms with Crippen LogP contribution in [0.15, 0.2) is 24.3 Å². The molecule has 1 saturated carbocycles. The third kappa shape index (κ3) is 5.57. The number of nitrogens with one attached hydrogen (secondary N) is 1. The van der Waals surface area contributed by atoms with Crippen molar-refractivity contribution in [3.05, 3.63) is 29.8 Å². The summed E-state index contributed by atoms with van der Waals surface area (Å²) < 4.78 is 30.7. The van der Waals surface area contributed by atoms with E-state index < -0.39 is 15.6 Å². The molecule has 2 amide bonds. The molecule has 1 heterocycles. The fourth-order valence-electron chi connectivity index (χ4n) is 4.37. The summed E-state index contributed by atoms with van der Waals surface area (Å²) in [5, 5.41) is 3.12. The van der Waals surface area contributed by atoms with Gasteiger partial charge in [-0.3, -0.25) is 9.59 Å². The van der Waals surface area contributed by atoms with Gasteiger partial charge >= 0.3 is 0 Å². The zero-order valence-corrected chi connectivity index (χ0v) is 19.4. The molecule has 0 radical (unpaired) electrons. The van der Waals surface area contributed by atoms with Crippen molar-refractivity contribution in [1.82, 2.24) is 14.5 Å². The second-order valence-electron chi connectivity index (χ2n) is 8.79. The van der Waals surface area contributed by atoms with E-state index in [1.807, 2.05) is 12.1 Å². The van der Waals surface area contributed by atoms with Gasteiger partial charge in [0.1, 0.15) is 11.3 Å². The Morgan fingerprint density at radius 3 is 2.32 bits per heavy atom. The average Bonchev–Trinajstić information content (AvgIpc) is 2.99. The molecule has 1 saturated heterocycles. The number of benzene rings is 1. The summed E-state index contributed by atoms with van der Waals surface area (Å²) in [6.45, 7) is 1.56. The molecule has 1 aromatic rings. The Morgan fingerprint density at radius 2 is 1.77 bits per heavy atom. The summed E-state index contributed by atoms with van der Waals surface area (Å²) in [6, 6.07) is 7.35. The average molecular weight is 452 g/mol. The zero-order chi connectivity index (χ0) is 22.6. The molecule has 8 nitrogen and oxygen atoms in total. The molecule has 2 aliphatic rings. The van der Waals surface area contributed by atoms with Gasteiger partial charge in [0.25, 0.3) is 0 Å². The molecular weight excluding hydrogens is 418 g/mol. The number of methoxy groups -OCH3 is 1. The van der Waals surface area contributed by atoms with Gasteiger partial charge in [0.2, 0.25) is 21.8 Å². The molecule has 31 heavy (non-hydrogen) atoms. The third-order valence-electron chi connectivity index (χ3n) is 6.34. The van der Waals surface area contributed by atoms with Crippen LogP contribution in [0.3, 0.4) is 0 Å². The summed E-state index contributed by atoms with van der Waals surface area (Å²) in [7, 11) is -2.04. The van der Waals surface area contributed by atoms with Crippen molar-refractivity contribution in [3.8, 4) is 5.75 Å². The molecule has 1 aliphatic carbocycles. The predicted octanol–water partition coefficient (Wildman–Crippen LogP) is 1.90. The maximum Gasteiger partial charge on any atom is 0.247 e. The Bertz CT molecular complexity index is 894. The van der Waals surface area contributed by atoms with Crippen molar-refractivity contribution in [2.75, 3.05) is 26.5 Å². The van der Waals surface area contributed by atoms with Crippen LogP contribution in [0.4, 0.5) is 0 Å². The highest BCUT2D eigenvalue weighted by Crippen LogP contribution is 2.28. The summed E-state index contributed by atoms with van der Waals surface area (Å²) in [6.07, 6.45) is 7.33. The first kappa shape index (κ1) is 23.5.